The Morgan fingerprint density at radius 3 is 2.86 bits per heavy atom. The molecule has 10 heteroatoms. The Bertz CT molecular complexity index is 1180. The number of hydrogen-bond acceptors (Lipinski definition) is 6. The van der Waals surface area contributed by atoms with Crippen molar-refractivity contribution in [2.75, 3.05) is 19.0 Å². The molecular formula is C19H22N4O4S2. The number of carbonyl (C=O) groups is 1. The van der Waals surface area contributed by atoms with Crippen molar-refractivity contribution in [3.8, 4) is 5.75 Å². The SMILES string of the molecule is COc1ccc2cc(C(=O)Nc3nc4c(s3)CN(S(=O)(=O)C(C)C)CC4)[nH]c2c1. The zero-order valence-electron chi connectivity index (χ0n) is 16.4. The van der Waals surface area contributed by atoms with Gasteiger partial charge in [0, 0.05) is 41.4 Å². The number of aromatic amines is 1. The number of nitrogens with zero attached hydrogens (tertiary/aromatic N) is 2. The molecule has 0 aliphatic carbocycles. The number of aromatic nitrogens is 2. The fourth-order valence-electron chi connectivity index (χ4n) is 3.26. The van der Waals surface area contributed by atoms with E-state index in [0.717, 1.165) is 21.5 Å². The van der Waals surface area contributed by atoms with Gasteiger partial charge in [0.15, 0.2) is 5.13 Å². The lowest BCUT2D eigenvalue weighted by atomic mass is 10.2. The molecule has 4 rings (SSSR count). The first-order valence-corrected chi connectivity index (χ1v) is 11.6. The van der Waals surface area contributed by atoms with Crippen LogP contribution in [0.25, 0.3) is 10.9 Å². The smallest absolute Gasteiger partial charge is 0.273 e. The third kappa shape index (κ3) is 3.75. The van der Waals surface area contributed by atoms with Crippen LogP contribution in [0.4, 0.5) is 5.13 Å². The van der Waals surface area contributed by atoms with Gasteiger partial charge in [0.2, 0.25) is 10.0 Å². The van der Waals surface area contributed by atoms with Gasteiger partial charge in [-0.05, 0) is 32.0 Å². The van der Waals surface area contributed by atoms with Crippen LogP contribution in [-0.2, 0) is 23.0 Å². The molecule has 1 aliphatic rings. The van der Waals surface area contributed by atoms with Crippen LogP contribution in [-0.4, -0.2) is 47.5 Å². The number of carbonyl (C=O) groups excluding carboxylic acids is 1. The molecule has 1 aliphatic heterocycles. The minimum absolute atomic E-state index is 0.294. The van der Waals surface area contributed by atoms with Crippen LogP contribution in [0.5, 0.6) is 5.75 Å². The van der Waals surface area contributed by atoms with Crippen LogP contribution in [0, 0.1) is 0 Å². The molecule has 0 unspecified atom stereocenters. The summed E-state index contributed by atoms with van der Waals surface area (Å²) in [5.41, 5.74) is 2.08. The Balaban J connectivity index is 1.51. The normalized spacial score (nSPS) is 14.9. The number of nitrogens with one attached hydrogen (secondary N) is 2. The highest BCUT2D eigenvalue weighted by Crippen LogP contribution is 2.30. The number of thiazole rings is 1. The summed E-state index contributed by atoms with van der Waals surface area (Å²) >= 11 is 1.32. The van der Waals surface area contributed by atoms with Crippen LogP contribution >= 0.6 is 11.3 Å². The van der Waals surface area contributed by atoms with Crippen LogP contribution < -0.4 is 10.1 Å². The van der Waals surface area contributed by atoms with Gasteiger partial charge < -0.3 is 9.72 Å². The maximum absolute atomic E-state index is 12.7. The average molecular weight is 435 g/mol. The average Bonchev–Trinajstić information content (AvgIpc) is 3.29. The van der Waals surface area contributed by atoms with E-state index < -0.39 is 15.3 Å². The van der Waals surface area contributed by atoms with Crippen molar-refractivity contribution in [3.05, 3.63) is 40.5 Å². The lowest BCUT2D eigenvalue weighted by molar-refractivity contribution is 0.102. The number of fused-ring (bicyclic) bond motifs is 2. The van der Waals surface area contributed by atoms with E-state index in [1.165, 1.54) is 15.6 Å². The largest absolute Gasteiger partial charge is 0.497 e. The predicted octanol–water partition coefficient (Wildman–Crippen LogP) is 2.98. The van der Waals surface area contributed by atoms with E-state index in [0.29, 0.717) is 36.1 Å². The van der Waals surface area contributed by atoms with E-state index in [9.17, 15) is 13.2 Å². The molecule has 154 valence electrons. The van der Waals surface area contributed by atoms with E-state index in [4.69, 9.17) is 4.74 Å². The molecule has 0 atom stereocenters. The molecule has 2 aromatic heterocycles. The first kappa shape index (κ1) is 19.9. The minimum atomic E-state index is -3.31. The van der Waals surface area contributed by atoms with Crippen molar-refractivity contribution in [1.82, 2.24) is 14.3 Å². The Hall–Kier alpha value is -2.43. The molecule has 8 nitrogen and oxygen atoms in total. The van der Waals surface area contributed by atoms with Gasteiger partial charge in [0.25, 0.3) is 5.91 Å². The van der Waals surface area contributed by atoms with Gasteiger partial charge in [0.1, 0.15) is 11.4 Å². The molecule has 0 saturated carbocycles. The highest BCUT2D eigenvalue weighted by atomic mass is 32.2. The monoisotopic (exact) mass is 434 g/mol. The van der Waals surface area contributed by atoms with Crippen molar-refractivity contribution >= 4 is 43.3 Å². The summed E-state index contributed by atoms with van der Waals surface area (Å²) in [7, 11) is -1.72. The molecule has 0 fully saturated rings. The topological polar surface area (TPSA) is 104 Å². The molecular weight excluding hydrogens is 412 g/mol. The minimum Gasteiger partial charge on any atom is -0.497 e. The van der Waals surface area contributed by atoms with Crippen LogP contribution in [0.1, 0.15) is 34.9 Å². The fourth-order valence-corrected chi connectivity index (χ4v) is 5.61. The molecule has 1 amide bonds. The molecule has 3 heterocycles. The Kier molecular flexibility index (Phi) is 5.09. The zero-order valence-corrected chi connectivity index (χ0v) is 18.0. The lowest BCUT2D eigenvalue weighted by Crippen LogP contribution is -2.39. The van der Waals surface area contributed by atoms with E-state index in [2.05, 4.69) is 15.3 Å². The molecule has 0 saturated heterocycles. The summed E-state index contributed by atoms with van der Waals surface area (Å²) in [5.74, 6) is 0.415. The predicted molar refractivity (Wildman–Crippen MR) is 113 cm³/mol. The first-order chi connectivity index (χ1) is 13.8. The second-order valence-electron chi connectivity index (χ2n) is 7.16. The third-order valence-electron chi connectivity index (χ3n) is 4.95. The van der Waals surface area contributed by atoms with Gasteiger partial charge in [-0.1, -0.05) is 0 Å². The van der Waals surface area contributed by atoms with E-state index in [1.54, 1.807) is 27.0 Å². The van der Waals surface area contributed by atoms with Gasteiger partial charge in [0.05, 0.1) is 18.1 Å². The summed E-state index contributed by atoms with van der Waals surface area (Å²) in [6, 6.07) is 7.32. The van der Waals surface area contributed by atoms with E-state index >= 15 is 0 Å². The Labute approximate surface area is 172 Å². The van der Waals surface area contributed by atoms with E-state index in [1.807, 2.05) is 18.2 Å². The van der Waals surface area contributed by atoms with Crippen LogP contribution in [0.2, 0.25) is 0 Å². The summed E-state index contributed by atoms with van der Waals surface area (Å²) in [6.07, 6.45) is 0.542. The van der Waals surface area contributed by atoms with Crippen molar-refractivity contribution in [2.45, 2.75) is 32.1 Å². The van der Waals surface area contributed by atoms with Gasteiger partial charge in [-0.2, -0.15) is 4.31 Å². The maximum atomic E-state index is 12.7. The standard InChI is InChI=1S/C19H22N4O4S2/c1-11(2)29(25,26)23-7-6-14-17(10-23)28-19(21-14)22-18(24)16-8-12-4-5-13(27-3)9-15(12)20-16/h4-5,8-9,11,20H,6-7,10H2,1-3H3,(H,21,22,24). The maximum Gasteiger partial charge on any atom is 0.273 e. The molecule has 2 N–H and O–H groups in total. The summed E-state index contributed by atoms with van der Waals surface area (Å²) in [6.45, 7) is 4.07. The highest BCUT2D eigenvalue weighted by Gasteiger charge is 2.31. The summed E-state index contributed by atoms with van der Waals surface area (Å²) in [4.78, 5) is 21.1. The number of sulfonamides is 1. The number of H-pyrrole nitrogens is 1. The molecule has 0 radical (unpaired) electrons. The van der Waals surface area contributed by atoms with Gasteiger partial charge >= 0.3 is 0 Å². The Morgan fingerprint density at radius 2 is 2.14 bits per heavy atom. The molecule has 0 spiro atoms. The van der Waals surface area contributed by atoms with Crippen LogP contribution in [0.15, 0.2) is 24.3 Å². The van der Waals surface area contributed by atoms with Gasteiger partial charge in [-0.3, -0.25) is 10.1 Å². The second kappa shape index (κ2) is 7.43. The lowest BCUT2D eigenvalue weighted by Gasteiger charge is -2.26. The number of anilines is 1. The van der Waals surface area contributed by atoms with Gasteiger partial charge in [-0.15, -0.1) is 11.3 Å². The van der Waals surface area contributed by atoms with Crippen molar-refractivity contribution in [2.24, 2.45) is 0 Å². The third-order valence-corrected chi connectivity index (χ3v) is 8.17. The van der Waals surface area contributed by atoms with Crippen molar-refractivity contribution < 1.29 is 17.9 Å². The molecule has 0 bridgehead atoms. The Morgan fingerprint density at radius 1 is 1.34 bits per heavy atom. The molecule has 29 heavy (non-hydrogen) atoms. The molecule has 3 aromatic rings. The summed E-state index contributed by atoms with van der Waals surface area (Å²) < 4.78 is 31.5. The first-order valence-electron chi connectivity index (χ1n) is 9.23. The molecule has 1 aromatic carbocycles. The summed E-state index contributed by atoms with van der Waals surface area (Å²) in [5, 5.41) is 3.74. The zero-order chi connectivity index (χ0) is 20.8. The number of methoxy groups -OCH3 is 1. The second-order valence-corrected chi connectivity index (χ2v) is 10.7. The number of rotatable bonds is 5. The van der Waals surface area contributed by atoms with Crippen molar-refractivity contribution in [3.63, 3.8) is 0 Å². The number of benzene rings is 1. The highest BCUT2D eigenvalue weighted by molar-refractivity contribution is 7.89. The van der Waals surface area contributed by atoms with Crippen molar-refractivity contribution in [1.29, 1.82) is 0 Å². The number of amides is 1. The number of ether oxygens (including phenoxy) is 1. The van der Waals surface area contributed by atoms with Crippen LogP contribution in [0.3, 0.4) is 0 Å². The quantitative estimate of drug-likeness (QED) is 0.642. The van der Waals surface area contributed by atoms with Gasteiger partial charge in [-0.25, -0.2) is 13.4 Å². The fraction of sp³-hybridized carbons (Fsp3) is 0.368. The number of hydrogen-bond donors (Lipinski definition) is 2. The van der Waals surface area contributed by atoms with E-state index in [-0.39, 0.29) is 5.91 Å².